The monoisotopic (exact) mass is 335 g/mol. The van der Waals surface area contributed by atoms with Gasteiger partial charge in [-0.2, -0.15) is 4.98 Å². The molecule has 0 aromatic carbocycles. The van der Waals surface area contributed by atoms with E-state index < -0.39 is 29.0 Å². The molecule has 0 saturated carbocycles. The summed E-state index contributed by atoms with van der Waals surface area (Å²) in [6.45, 7) is 8.40. The van der Waals surface area contributed by atoms with Crippen LogP contribution in [0.3, 0.4) is 0 Å². The number of ether oxygens (including phenoxy) is 1. The lowest BCUT2D eigenvalue weighted by Gasteiger charge is -2.19. The molecule has 0 amide bonds. The summed E-state index contributed by atoms with van der Waals surface area (Å²) in [5.74, 6) is -1.62. The molecule has 0 aliphatic heterocycles. The number of esters is 1. The minimum Gasteiger partial charge on any atom is -0.459 e. The number of imidazole rings is 1. The summed E-state index contributed by atoms with van der Waals surface area (Å²) >= 11 is 0. The summed E-state index contributed by atoms with van der Waals surface area (Å²) in [6.07, 6.45) is 1.30. The zero-order chi connectivity index (χ0) is 18.2. The first-order valence-electron chi connectivity index (χ1n) is 7.50. The molecular formula is C15H21N5O4. The normalized spacial score (nSPS) is 11.9. The third-order valence-corrected chi connectivity index (χ3v) is 3.10. The highest BCUT2D eigenvalue weighted by Crippen LogP contribution is 2.12. The van der Waals surface area contributed by atoms with Crippen LogP contribution in [0.1, 0.15) is 39.4 Å². The van der Waals surface area contributed by atoms with Gasteiger partial charge in [-0.05, 0) is 20.8 Å². The minimum absolute atomic E-state index is 0.0261. The number of carbonyl (C=O) groups is 2. The average Bonchev–Trinajstić information content (AvgIpc) is 2.79. The predicted octanol–water partition coefficient (Wildman–Crippen LogP) is 0.813. The highest BCUT2D eigenvalue weighted by Gasteiger charge is 2.22. The molecule has 130 valence electrons. The number of hydrogen-bond donors (Lipinski definition) is 1. The highest BCUT2D eigenvalue weighted by atomic mass is 16.6. The standard InChI is InChI=1S/C15H21N5O4/c1-8(2)12(22)20-13(23)10-11(18-14(20)16)19(7-17-10)6-9(21)24-15(3,4)5/h7-8H,6H2,1-5H3,(H2,16,18). The lowest BCUT2D eigenvalue weighted by Crippen LogP contribution is -2.33. The topological polar surface area (TPSA) is 122 Å². The Hall–Kier alpha value is -2.71. The number of aromatic nitrogens is 4. The van der Waals surface area contributed by atoms with Gasteiger partial charge < -0.3 is 15.0 Å². The molecule has 0 aliphatic rings. The van der Waals surface area contributed by atoms with E-state index in [9.17, 15) is 14.4 Å². The summed E-state index contributed by atoms with van der Waals surface area (Å²) in [6, 6.07) is 0. The molecule has 0 radical (unpaired) electrons. The molecule has 0 aliphatic carbocycles. The largest absolute Gasteiger partial charge is 0.459 e. The van der Waals surface area contributed by atoms with Crippen LogP contribution in [-0.4, -0.2) is 36.6 Å². The Bertz CT molecular complexity index is 857. The average molecular weight is 335 g/mol. The van der Waals surface area contributed by atoms with Crippen molar-refractivity contribution in [3.8, 4) is 0 Å². The SMILES string of the molecule is CC(C)C(=O)n1c(N)nc2c(ncn2CC(=O)OC(C)(C)C)c1=O. The van der Waals surface area contributed by atoms with E-state index in [1.807, 2.05) is 0 Å². The summed E-state index contributed by atoms with van der Waals surface area (Å²) in [5.41, 5.74) is 4.59. The van der Waals surface area contributed by atoms with Gasteiger partial charge in [0.15, 0.2) is 11.2 Å². The van der Waals surface area contributed by atoms with Crippen LogP contribution in [0, 0.1) is 5.92 Å². The van der Waals surface area contributed by atoms with Crippen molar-refractivity contribution in [2.45, 2.75) is 46.8 Å². The molecule has 0 fully saturated rings. The molecule has 9 heteroatoms. The van der Waals surface area contributed by atoms with Crippen LogP contribution in [0.5, 0.6) is 0 Å². The van der Waals surface area contributed by atoms with Crippen LogP contribution >= 0.6 is 0 Å². The van der Waals surface area contributed by atoms with Crippen molar-refractivity contribution in [1.82, 2.24) is 19.1 Å². The molecule has 2 N–H and O–H groups in total. The van der Waals surface area contributed by atoms with E-state index in [2.05, 4.69) is 9.97 Å². The van der Waals surface area contributed by atoms with E-state index in [4.69, 9.17) is 10.5 Å². The third-order valence-electron chi connectivity index (χ3n) is 3.10. The molecule has 0 saturated heterocycles. The fourth-order valence-electron chi connectivity index (χ4n) is 2.11. The van der Waals surface area contributed by atoms with Crippen LogP contribution in [0.25, 0.3) is 11.2 Å². The number of anilines is 1. The Labute approximate surface area is 138 Å². The molecule has 2 heterocycles. The van der Waals surface area contributed by atoms with Gasteiger partial charge in [-0.25, -0.2) is 9.55 Å². The van der Waals surface area contributed by atoms with Crippen LogP contribution in [0.2, 0.25) is 0 Å². The van der Waals surface area contributed by atoms with Gasteiger partial charge in [-0.3, -0.25) is 14.4 Å². The van der Waals surface area contributed by atoms with Gasteiger partial charge in [0.05, 0.1) is 6.33 Å². The Kier molecular flexibility index (Phi) is 4.46. The first-order chi connectivity index (χ1) is 11.0. The smallest absolute Gasteiger partial charge is 0.326 e. The maximum absolute atomic E-state index is 12.5. The van der Waals surface area contributed by atoms with Gasteiger partial charge in [0.2, 0.25) is 11.9 Å². The summed E-state index contributed by atoms with van der Waals surface area (Å²) in [7, 11) is 0. The zero-order valence-electron chi connectivity index (χ0n) is 14.4. The number of fused-ring (bicyclic) bond motifs is 1. The Morgan fingerprint density at radius 2 is 1.96 bits per heavy atom. The molecule has 0 atom stereocenters. The number of nitrogen functional groups attached to an aromatic ring is 1. The van der Waals surface area contributed by atoms with Gasteiger partial charge in [0, 0.05) is 5.92 Å². The molecule has 9 nitrogen and oxygen atoms in total. The van der Waals surface area contributed by atoms with E-state index in [0.29, 0.717) is 0 Å². The molecule has 2 aromatic rings. The number of rotatable bonds is 3. The zero-order valence-corrected chi connectivity index (χ0v) is 14.4. The van der Waals surface area contributed by atoms with Crippen LogP contribution in [0.15, 0.2) is 11.1 Å². The number of nitrogens with zero attached hydrogens (tertiary/aromatic N) is 4. The lowest BCUT2D eigenvalue weighted by molar-refractivity contribution is -0.155. The first-order valence-corrected chi connectivity index (χ1v) is 7.50. The second-order valence-corrected chi connectivity index (χ2v) is 6.73. The maximum atomic E-state index is 12.5. The van der Waals surface area contributed by atoms with Crippen molar-refractivity contribution in [2.75, 3.05) is 5.73 Å². The van der Waals surface area contributed by atoms with Gasteiger partial charge in [0.25, 0.3) is 5.56 Å². The Balaban J connectivity index is 2.46. The Morgan fingerprint density at radius 1 is 1.33 bits per heavy atom. The van der Waals surface area contributed by atoms with Crippen molar-refractivity contribution in [3.63, 3.8) is 0 Å². The van der Waals surface area contributed by atoms with Crippen molar-refractivity contribution < 1.29 is 14.3 Å². The van der Waals surface area contributed by atoms with Crippen molar-refractivity contribution in [3.05, 3.63) is 16.7 Å². The van der Waals surface area contributed by atoms with E-state index in [0.717, 1.165) is 4.57 Å². The minimum atomic E-state index is -0.654. The quantitative estimate of drug-likeness (QED) is 0.824. The van der Waals surface area contributed by atoms with Gasteiger partial charge in [0.1, 0.15) is 12.1 Å². The van der Waals surface area contributed by atoms with Crippen LogP contribution in [0.4, 0.5) is 5.95 Å². The molecular weight excluding hydrogens is 314 g/mol. The lowest BCUT2D eigenvalue weighted by atomic mass is 10.2. The molecule has 0 bridgehead atoms. The van der Waals surface area contributed by atoms with E-state index in [1.54, 1.807) is 34.6 Å². The molecule has 24 heavy (non-hydrogen) atoms. The number of nitrogens with two attached hydrogens (primary N) is 1. The Morgan fingerprint density at radius 3 is 2.50 bits per heavy atom. The number of carbonyl (C=O) groups excluding carboxylic acids is 2. The van der Waals surface area contributed by atoms with Gasteiger partial charge in [-0.1, -0.05) is 13.8 Å². The van der Waals surface area contributed by atoms with Crippen LogP contribution < -0.4 is 11.3 Å². The second-order valence-electron chi connectivity index (χ2n) is 6.73. The van der Waals surface area contributed by atoms with E-state index >= 15 is 0 Å². The molecule has 2 aromatic heterocycles. The predicted molar refractivity (Wildman–Crippen MR) is 87.5 cm³/mol. The van der Waals surface area contributed by atoms with Crippen LogP contribution in [-0.2, 0) is 16.1 Å². The maximum Gasteiger partial charge on any atom is 0.326 e. The van der Waals surface area contributed by atoms with Crippen molar-refractivity contribution in [2.24, 2.45) is 5.92 Å². The van der Waals surface area contributed by atoms with Crippen molar-refractivity contribution >= 4 is 29.0 Å². The second kappa shape index (κ2) is 6.06. The van der Waals surface area contributed by atoms with Crippen molar-refractivity contribution in [1.29, 1.82) is 0 Å². The summed E-state index contributed by atoms with van der Waals surface area (Å²) < 4.78 is 7.40. The van der Waals surface area contributed by atoms with E-state index in [1.165, 1.54) is 10.9 Å². The number of hydrogen-bond acceptors (Lipinski definition) is 7. The fraction of sp³-hybridized carbons (Fsp3) is 0.533. The van der Waals surface area contributed by atoms with E-state index in [-0.39, 0.29) is 23.7 Å². The highest BCUT2D eigenvalue weighted by molar-refractivity contribution is 5.86. The first kappa shape index (κ1) is 17.6. The summed E-state index contributed by atoms with van der Waals surface area (Å²) in [5, 5.41) is 0. The van der Waals surface area contributed by atoms with Gasteiger partial charge in [-0.15, -0.1) is 0 Å². The fourth-order valence-corrected chi connectivity index (χ4v) is 2.11. The van der Waals surface area contributed by atoms with Gasteiger partial charge >= 0.3 is 5.97 Å². The molecule has 0 unspecified atom stereocenters. The third kappa shape index (κ3) is 3.44. The summed E-state index contributed by atoms with van der Waals surface area (Å²) in [4.78, 5) is 44.5. The molecule has 2 rings (SSSR count). The molecule has 0 spiro atoms.